The summed E-state index contributed by atoms with van der Waals surface area (Å²) in [5.74, 6) is 2.22. The van der Waals surface area contributed by atoms with Gasteiger partial charge >= 0.3 is 0 Å². The number of ether oxygens (including phenoxy) is 1. The molecule has 0 aromatic carbocycles. The lowest BCUT2D eigenvalue weighted by Crippen LogP contribution is -2.46. The van der Waals surface area contributed by atoms with Crippen LogP contribution >= 0.6 is 11.8 Å². The Hall–Kier alpha value is -0.520. The van der Waals surface area contributed by atoms with Crippen LogP contribution in [0.3, 0.4) is 0 Å². The summed E-state index contributed by atoms with van der Waals surface area (Å²) < 4.78 is 8.04. The van der Waals surface area contributed by atoms with Crippen molar-refractivity contribution in [1.82, 2.24) is 15.1 Å². The van der Waals surface area contributed by atoms with E-state index in [1.807, 2.05) is 11.8 Å². The first kappa shape index (κ1) is 14.9. The summed E-state index contributed by atoms with van der Waals surface area (Å²) in [6.07, 6.45) is 1.31. The van der Waals surface area contributed by atoms with E-state index >= 15 is 0 Å². The molecule has 19 heavy (non-hydrogen) atoms. The molecule has 2 rings (SSSR count). The zero-order valence-corrected chi connectivity index (χ0v) is 13.0. The van der Waals surface area contributed by atoms with Gasteiger partial charge < -0.3 is 10.1 Å². The molecule has 1 N–H and O–H groups in total. The van der Waals surface area contributed by atoms with Crippen molar-refractivity contribution in [3.05, 3.63) is 17.5 Å². The van der Waals surface area contributed by atoms with Crippen LogP contribution < -0.4 is 5.32 Å². The molecule has 0 radical (unpaired) electrons. The zero-order valence-electron chi connectivity index (χ0n) is 12.2. The highest BCUT2D eigenvalue weighted by molar-refractivity contribution is 7.99. The number of thioether (sulfide) groups is 1. The van der Waals surface area contributed by atoms with Crippen molar-refractivity contribution < 1.29 is 4.74 Å². The van der Waals surface area contributed by atoms with Crippen LogP contribution in [-0.4, -0.2) is 46.6 Å². The predicted molar refractivity (Wildman–Crippen MR) is 80.9 cm³/mol. The van der Waals surface area contributed by atoms with Gasteiger partial charge in [-0.2, -0.15) is 16.9 Å². The minimum atomic E-state index is 0.319. The maximum Gasteiger partial charge on any atom is 0.0822 e. The normalized spacial score (nSPS) is 21.5. The second-order valence-corrected chi connectivity index (χ2v) is 6.10. The molecule has 0 aliphatic carbocycles. The maximum atomic E-state index is 5.93. The van der Waals surface area contributed by atoms with Crippen molar-refractivity contribution in [2.24, 2.45) is 0 Å². The van der Waals surface area contributed by atoms with Gasteiger partial charge in [0.1, 0.15) is 0 Å². The van der Waals surface area contributed by atoms with Crippen LogP contribution in [0.25, 0.3) is 0 Å². The van der Waals surface area contributed by atoms with Gasteiger partial charge in [-0.3, -0.25) is 4.68 Å². The highest BCUT2D eigenvalue weighted by Crippen LogP contribution is 2.18. The lowest BCUT2D eigenvalue weighted by Gasteiger charge is -2.30. The molecule has 2 heterocycles. The van der Waals surface area contributed by atoms with Crippen LogP contribution in [0.15, 0.2) is 6.07 Å². The second-order valence-electron chi connectivity index (χ2n) is 4.95. The molecule has 0 bridgehead atoms. The number of likely N-dealkylation sites (N-methyl/N-ethyl adjacent to an activating group) is 1. The molecule has 5 heteroatoms. The van der Waals surface area contributed by atoms with Gasteiger partial charge in [0.25, 0.3) is 0 Å². The van der Waals surface area contributed by atoms with E-state index in [-0.39, 0.29) is 0 Å². The van der Waals surface area contributed by atoms with Crippen LogP contribution in [0.5, 0.6) is 0 Å². The Morgan fingerprint density at radius 3 is 3.05 bits per heavy atom. The molecule has 4 nitrogen and oxygen atoms in total. The second kappa shape index (κ2) is 7.31. The monoisotopic (exact) mass is 283 g/mol. The minimum Gasteiger partial charge on any atom is -0.375 e. The summed E-state index contributed by atoms with van der Waals surface area (Å²) in [4.78, 5) is 0. The van der Waals surface area contributed by atoms with Crippen molar-refractivity contribution in [2.45, 2.75) is 45.9 Å². The average Bonchev–Trinajstić information content (AvgIpc) is 2.79. The molecule has 1 fully saturated rings. The largest absolute Gasteiger partial charge is 0.375 e. The van der Waals surface area contributed by atoms with Crippen LogP contribution in [-0.2, 0) is 17.7 Å². The first-order valence-corrected chi connectivity index (χ1v) is 8.36. The number of nitrogens with zero attached hydrogens (tertiary/aromatic N) is 2. The summed E-state index contributed by atoms with van der Waals surface area (Å²) >= 11 is 2.00. The van der Waals surface area contributed by atoms with E-state index in [9.17, 15) is 0 Å². The van der Waals surface area contributed by atoms with E-state index in [1.54, 1.807) is 0 Å². The highest BCUT2D eigenvalue weighted by Gasteiger charge is 2.25. The van der Waals surface area contributed by atoms with E-state index in [0.717, 1.165) is 43.3 Å². The van der Waals surface area contributed by atoms with Crippen molar-refractivity contribution in [3.63, 3.8) is 0 Å². The van der Waals surface area contributed by atoms with Gasteiger partial charge in [-0.15, -0.1) is 0 Å². The van der Waals surface area contributed by atoms with Crippen molar-refractivity contribution in [3.8, 4) is 0 Å². The molecular formula is C14H25N3OS. The molecule has 1 aromatic heterocycles. The van der Waals surface area contributed by atoms with Gasteiger partial charge in [-0.1, -0.05) is 6.92 Å². The van der Waals surface area contributed by atoms with Gasteiger partial charge in [0, 0.05) is 36.2 Å². The molecule has 1 saturated heterocycles. The predicted octanol–water partition coefficient (Wildman–Crippen LogP) is 1.86. The Morgan fingerprint density at radius 1 is 1.58 bits per heavy atom. The van der Waals surface area contributed by atoms with Gasteiger partial charge in [0.05, 0.1) is 18.4 Å². The fraction of sp³-hybridized carbons (Fsp3) is 0.786. The maximum absolute atomic E-state index is 5.93. The van der Waals surface area contributed by atoms with Gasteiger partial charge in [0.2, 0.25) is 0 Å². The smallest absolute Gasteiger partial charge is 0.0822 e. The SMILES string of the molecule is CCNC(Cc1cc(C)nn1CC)C1CSCCO1. The number of rotatable bonds is 6. The average molecular weight is 283 g/mol. The summed E-state index contributed by atoms with van der Waals surface area (Å²) in [5, 5.41) is 8.11. The zero-order chi connectivity index (χ0) is 13.7. The summed E-state index contributed by atoms with van der Waals surface area (Å²) in [5.41, 5.74) is 2.41. The molecular weight excluding hydrogens is 258 g/mol. The third kappa shape index (κ3) is 3.97. The number of aryl methyl sites for hydroxylation is 2. The Morgan fingerprint density at radius 2 is 2.42 bits per heavy atom. The van der Waals surface area contributed by atoms with Crippen molar-refractivity contribution in [2.75, 3.05) is 24.7 Å². The quantitative estimate of drug-likeness (QED) is 0.865. The Bertz CT molecular complexity index is 388. The molecule has 0 amide bonds. The first-order chi connectivity index (χ1) is 9.24. The fourth-order valence-electron chi connectivity index (χ4n) is 2.60. The lowest BCUT2D eigenvalue weighted by atomic mass is 10.1. The molecule has 1 aliphatic heterocycles. The topological polar surface area (TPSA) is 39.1 Å². The van der Waals surface area contributed by atoms with Crippen LogP contribution in [0.4, 0.5) is 0 Å². The van der Waals surface area contributed by atoms with Crippen molar-refractivity contribution >= 4 is 11.8 Å². The van der Waals surface area contributed by atoms with E-state index in [0.29, 0.717) is 12.1 Å². The van der Waals surface area contributed by atoms with Crippen LogP contribution in [0.1, 0.15) is 25.2 Å². The third-order valence-electron chi connectivity index (χ3n) is 3.47. The molecule has 0 spiro atoms. The molecule has 2 unspecified atom stereocenters. The Labute approximate surface area is 120 Å². The summed E-state index contributed by atoms with van der Waals surface area (Å²) in [6.45, 7) is 9.15. The molecule has 2 atom stereocenters. The number of aromatic nitrogens is 2. The molecule has 1 aromatic rings. The molecule has 0 saturated carbocycles. The van der Waals surface area contributed by atoms with Gasteiger partial charge in [0.15, 0.2) is 0 Å². The van der Waals surface area contributed by atoms with Crippen LogP contribution in [0, 0.1) is 6.92 Å². The van der Waals surface area contributed by atoms with E-state index in [4.69, 9.17) is 4.74 Å². The standard InChI is InChI=1S/C14H25N3OS/c1-4-15-13(14-10-19-7-6-18-14)9-12-8-11(3)16-17(12)5-2/h8,13-15H,4-7,9-10H2,1-3H3. The van der Waals surface area contributed by atoms with Crippen molar-refractivity contribution in [1.29, 1.82) is 0 Å². The Balaban J connectivity index is 2.06. The van der Waals surface area contributed by atoms with E-state index in [2.05, 4.69) is 41.9 Å². The highest BCUT2D eigenvalue weighted by atomic mass is 32.2. The number of nitrogens with one attached hydrogen (secondary N) is 1. The van der Waals surface area contributed by atoms with Gasteiger partial charge in [-0.25, -0.2) is 0 Å². The van der Waals surface area contributed by atoms with E-state index < -0.39 is 0 Å². The Kier molecular flexibility index (Phi) is 5.73. The fourth-order valence-corrected chi connectivity index (χ4v) is 3.54. The first-order valence-electron chi connectivity index (χ1n) is 7.20. The summed E-state index contributed by atoms with van der Waals surface area (Å²) in [6, 6.07) is 2.59. The lowest BCUT2D eigenvalue weighted by molar-refractivity contribution is 0.0471. The summed E-state index contributed by atoms with van der Waals surface area (Å²) in [7, 11) is 0. The minimum absolute atomic E-state index is 0.319. The van der Waals surface area contributed by atoms with Gasteiger partial charge in [-0.05, 0) is 26.5 Å². The van der Waals surface area contributed by atoms with E-state index in [1.165, 1.54) is 5.69 Å². The van der Waals surface area contributed by atoms with Crippen LogP contribution in [0.2, 0.25) is 0 Å². The number of hydrogen-bond acceptors (Lipinski definition) is 4. The molecule has 1 aliphatic rings. The molecule has 108 valence electrons. The third-order valence-corrected chi connectivity index (χ3v) is 4.49. The number of hydrogen-bond donors (Lipinski definition) is 1.